The lowest BCUT2D eigenvalue weighted by atomic mass is 10.0. The molecule has 11 nitrogen and oxygen atoms in total. The van der Waals surface area contributed by atoms with Crippen molar-refractivity contribution in [1.29, 1.82) is 0 Å². The van der Waals surface area contributed by atoms with Gasteiger partial charge in [-0.05, 0) is 17.5 Å². The normalized spacial score (nSPS) is 17.3. The van der Waals surface area contributed by atoms with Gasteiger partial charge >= 0.3 is 6.03 Å². The number of carbonyl (C=O) groups is 1. The quantitative estimate of drug-likeness (QED) is 0.381. The van der Waals surface area contributed by atoms with Crippen molar-refractivity contribution in [1.82, 2.24) is 34.7 Å². The van der Waals surface area contributed by atoms with Gasteiger partial charge in [-0.1, -0.05) is 38.1 Å². The van der Waals surface area contributed by atoms with Crippen LogP contribution < -0.4 is 4.90 Å². The number of β-amino-alcohol motifs (C(OH)–C–C–N with tert-alkyl or cyclic N) is 1. The largest absolute Gasteiger partial charge is 0.394 e. The molecule has 176 valence electrons. The molecular weight excluding hydrogens is 436 g/mol. The molecule has 5 rings (SSSR count). The number of hydrogen-bond donors (Lipinski definition) is 3. The monoisotopic (exact) mass is 462 g/mol. The minimum absolute atomic E-state index is 0.0758. The molecule has 11 heteroatoms. The Morgan fingerprint density at radius 2 is 1.94 bits per heavy atom. The number of carbonyl (C=O) groups excluding carboxylic acids is 1. The molecule has 1 saturated heterocycles. The molecule has 1 aliphatic heterocycles. The van der Waals surface area contributed by atoms with Crippen LogP contribution in [-0.2, 0) is 0 Å². The van der Waals surface area contributed by atoms with E-state index in [1.54, 1.807) is 32.8 Å². The highest BCUT2D eigenvalue weighted by Crippen LogP contribution is 2.31. The number of aliphatic hydroxyl groups is 2. The van der Waals surface area contributed by atoms with Gasteiger partial charge < -0.3 is 15.1 Å². The highest BCUT2D eigenvalue weighted by atomic mass is 16.3. The van der Waals surface area contributed by atoms with Crippen LogP contribution in [0.3, 0.4) is 0 Å². The number of urea groups is 1. The molecular formula is C23H26N8O3. The second-order valence-corrected chi connectivity index (χ2v) is 8.72. The molecule has 3 aromatic heterocycles. The Morgan fingerprint density at radius 1 is 1.18 bits per heavy atom. The van der Waals surface area contributed by atoms with Crippen LogP contribution in [0.4, 0.5) is 10.6 Å². The summed E-state index contributed by atoms with van der Waals surface area (Å²) in [5, 5.41) is 30.3. The summed E-state index contributed by atoms with van der Waals surface area (Å²) in [5.74, 6) is 1.32. The summed E-state index contributed by atoms with van der Waals surface area (Å²) in [6, 6.07) is 9.24. The molecule has 0 radical (unpaired) electrons. The third kappa shape index (κ3) is 3.88. The number of aliphatic hydroxyl groups excluding tert-OH is 2. The summed E-state index contributed by atoms with van der Waals surface area (Å²) >= 11 is 0. The molecule has 0 unspecified atom stereocenters. The van der Waals surface area contributed by atoms with Crippen LogP contribution in [0.25, 0.3) is 28.2 Å². The molecule has 0 aliphatic carbocycles. The highest BCUT2D eigenvalue weighted by Gasteiger charge is 2.41. The van der Waals surface area contributed by atoms with Gasteiger partial charge in [0.05, 0.1) is 31.5 Å². The van der Waals surface area contributed by atoms with Gasteiger partial charge in [0.15, 0.2) is 11.5 Å². The average Bonchev–Trinajstić information content (AvgIpc) is 3.58. The number of benzene rings is 1. The second-order valence-electron chi connectivity index (χ2n) is 8.72. The van der Waals surface area contributed by atoms with E-state index in [0.29, 0.717) is 23.8 Å². The van der Waals surface area contributed by atoms with Gasteiger partial charge in [0.1, 0.15) is 12.1 Å². The maximum atomic E-state index is 13.2. The molecule has 4 aromatic rings. The second kappa shape index (κ2) is 8.84. The smallest absolute Gasteiger partial charge is 0.326 e. The summed E-state index contributed by atoms with van der Waals surface area (Å²) in [6.45, 7) is 4.24. The number of nitrogens with zero attached hydrogens (tertiary/aromatic N) is 7. The SMILES string of the molecule is CC(C)[C@H]1CN(C[C@H](O)CO)C(=O)N1c1ccn2ncc(-c3ccc(-c4nc[nH]n4)cc3)c2n1. The van der Waals surface area contributed by atoms with Crippen LogP contribution in [0, 0.1) is 5.92 Å². The molecule has 0 spiro atoms. The number of nitrogens with one attached hydrogen (secondary N) is 1. The number of hydrogen-bond acceptors (Lipinski definition) is 7. The molecule has 0 saturated carbocycles. The van der Waals surface area contributed by atoms with Crippen molar-refractivity contribution in [2.75, 3.05) is 24.6 Å². The number of H-pyrrole nitrogens is 1. The number of anilines is 1. The Morgan fingerprint density at radius 3 is 2.62 bits per heavy atom. The lowest BCUT2D eigenvalue weighted by Crippen LogP contribution is -2.39. The number of aromatic amines is 1. The first-order valence-corrected chi connectivity index (χ1v) is 11.1. The van der Waals surface area contributed by atoms with E-state index in [-0.39, 0.29) is 24.5 Å². The molecule has 1 aliphatic rings. The topological polar surface area (TPSA) is 136 Å². The Balaban J connectivity index is 1.49. The van der Waals surface area contributed by atoms with Gasteiger partial charge in [0.25, 0.3) is 0 Å². The molecule has 2 atom stereocenters. The standard InChI is InChI=1S/C23H26N8O3/c1-14(2)19-11-29(10-17(33)12-32)23(34)31(19)20-7-8-30-22(27-20)18(9-26-30)15-3-5-16(6-4-15)21-24-13-25-28-21/h3-9,13-14,17,19,32-33H,10-12H2,1-2H3,(H,24,25,28)/t17-,19+/m0/s1. The minimum atomic E-state index is -0.978. The minimum Gasteiger partial charge on any atom is -0.394 e. The van der Waals surface area contributed by atoms with Crippen LogP contribution in [-0.4, -0.2) is 82.8 Å². The molecule has 0 bridgehead atoms. The molecule has 1 aromatic carbocycles. The first-order chi connectivity index (χ1) is 16.5. The number of fused-ring (bicyclic) bond motifs is 1. The van der Waals surface area contributed by atoms with Crippen molar-refractivity contribution in [3.63, 3.8) is 0 Å². The fourth-order valence-corrected chi connectivity index (χ4v) is 4.27. The van der Waals surface area contributed by atoms with Gasteiger partial charge in [-0.2, -0.15) is 10.2 Å². The maximum absolute atomic E-state index is 13.2. The van der Waals surface area contributed by atoms with E-state index in [9.17, 15) is 15.0 Å². The zero-order chi connectivity index (χ0) is 23.8. The van der Waals surface area contributed by atoms with E-state index in [4.69, 9.17) is 4.98 Å². The fourth-order valence-electron chi connectivity index (χ4n) is 4.27. The number of rotatable bonds is 7. The lowest BCUT2D eigenvalue weighted by Gasteiger charge is -2.25. The van der Waals surface area contributed by atoms with Crippen LogP contribution >= 0.6 is 0 Å². The van der Waals surface area contributed by atoms with E-state index in [0.717, 1.165) is 16.7 Å². The fraction of sp³-hybridized carbons (Fsp3) is 0.348. The average molecular weight is 463 g/mol. The van der Waals surface area contributed by atoms with E-state index < -0.39 is 12.7 Å². The lowest BCUT2D eigenvalue weighted by molar-refractivity contribution is 0.0719. The van der Waals surface area contributed by atoms with Crippen molar-refractivity contribution in [3.05, 3.63) is 49.1 Å². The highest BCUT2D eigenvalue weighted by molar-refractivity contribution is 5.94. The van der Waals surface area contributed by atoms with Gasteiger partial charge in [0, 0.05) is 23.9 Å². The van der Waals surface area contributed by atoms with Crippen LogP contribution in [0.15, 0.2) is 49.1 Å². The molecule has 1 fully saturated rings. The van der Waals surface area contributed by atoms with Crippen molar-refractivity contribution in [2.24, 2.45) is 5.92 Å². The van der Waals surface area contributed by atoms with Gasteiger partial charge in [0.2, 0.25) is 0 Å². The van der Waals surface area contributed by atoms with E-state index >= 15 is 0 Å². The van der Waals surface area contributed by atoms with Crippen LogP contribution in [0.1, 0.15) is 13.8 Å². The van der Waals surface area contributed by atoms with Crippen molar-refractivity contribution in [2.45, 2.75) is 26.0 Å². The van der Waals surface area contributed by atoms with Crippen LogP contribution in [0.5, 0.6) is 0 Å². The van der Waals surface area contributed by atoms with E-state index in [2.05, 4.69) is 34.1 Å². The van der Waals surface area contributed by atoms with Crippen LogP contribution in [0.2, 0.25) is 0 Å². The van der Waals surface area contributed by atoms with Gasteiger partial charge in [-0.3, -0.25) is 10.00 Å². The van der Waals surface area contributed by atoms with Gasteiger partial charge in [-0.15, -0.1) is 0 Å². The number of amides is 2. The van der Waals surface area contributed by atoms with Crippen molar-refractivity contribution >= 4 is 17.5 Å². The molecule has 3 N–H and O–H groups in total. The first kappa shape index (κ1) is 22.0. The van der Waals surface area contributed by atoms with Crippen molar-refractivity contribution < 1.29 is 15.0 Å². The van der Waals surface area contributed by atoms with Crippen molar-refractivity contribution in [3.8, 4) is 22.5 Å². The third-order valence-corrected chi connectivity index (χ3v) is 6.10. The van der Waals surface area contributed by atoms with E-state index in [1.165, 1.54) is 6.33 Å². The Kier molecular flexibility index (Phi) is 5.72. The summed E-state index contributed by atoms with van der Waals surface area (Å²) in [4.78, 5) is 25.5. The molecule has 34 heavy (non-hydrogen) atoms. The summed E-state index contributed by atoms with van der Waals surface area (Å²) in [5.41, 5.74) is 3.29. The summed E-state index contributed by atoms with van der Waals surface area (Å²) in [7, 11) is 0. The zero-order valence-electron chi connectivity index (χ0n) is 18.9. The first-order valence-electron chi connectivity index (χ1n) is 11.1. The Hall–Kier alpha value is -3.83. The third-order valence-electron chi connectivity index (χ3n) is 6.10. The molecule has 4 heterocycles. The Labute approximate surface area is 195 Å². The zero-order valence-corrected chi connectivity index (χ0v) is 18.9. The Bertz CT molecular complexity index is 1290. The number of aromatic nitrogens is 6. The predicted octanol–water partition coefficient (Wildman–Crippen LogP) is 1.80. The van der Waals surface area contributed by atoms with E-state index in [1.807, 2.05) is 24.3 Å². The van der Waals surface area contributed by atoms with Gasteiger partial charge in [-0.25, -0.2) is 19.3 Å². The summed E-state index contributed by atoms with van der Waals surface area (Å²) < 4.78 is 1.68. The maximum Gasteiger partial charge on any atom is 0.326 e. The predicted molar refractivity (Wildman–Crippen MR) is 125 cm³/mol. The molecule has 2 amide bonds. The summed E-state index contributed by atoms with van der Waals surface area (Å²) in [6.07, 6.45) is 4.10.